The van der Waals surface area contributed by atoms with E-state index < -0.39 is 7.14 Å². The number of hydrogen-bond donors (Lipinski definition) is 0. The molecule has 0 bridgehead atoms. The molecule has 0 amide bonds. The van der Waals surface area contributed by atoms with Gasteiger partial charge in [0.2, 0.25) is 0 Å². The van der Waals surface area contributed by atoms with Crippen LogP contribution < -0.4 is 20.7 Å². The van der Waals surface area contributed by atoms with Gasteiger partial charge in [-0.1, -0.05) is 42.5 Å². The van der Waals surface area contributed by atoms with Crippen molar-refractivity contribution in [3.63, 3.8) is 0 Å². The minimum atomic E-state index is -2.29. The lowest BCUT2D eigenvalue weighted by Crippen LogP contribution is -2.32. The van der Waals surface area contributed by atoms with Crippen molar-refractivity contribution in [3.05, 3.63) is 83.3 Å². The van der Waals surface area contributed by atoms with Gasteiger partial charge in [0.25, 0.3) is 0 Å². The second-order valence-corrected chi connectivity index (χ2v) is 8.96. The molecule has 23 heavy (non-hydrogen) atoms. The van der Waals surface area contributed by atoms with Crippen molar-refractivity contribution in [3.8, 4) is 5.75 Å². The first-order valence-corrected chi connectivity index (χ1v) is 9.95. The maximum Gasteiger partial charge on any atom is 0.383 e. The molecule has 0 aliphatic heterocycles. The summed E-state index contributed by atoms with van der Waals surface area (Å²) in [7, 11) is 6.54. The summed E-state index contributed by atoms with van der Waals surface area (Å²) >= 11 is 3.68. The predicted molar refractivity (Wildman–Crippen MR) is 105 cm³/mol. The van der Waals surface area contributed by atoms with Crippen LogP contribution in [0.2, 0.25) is 0 Å². The van der Waals surface area contributed by atoms with E-state index in [0.717, 1.165) is 26.1 Å². The summed E-state index contributed by atoms with van der Waals surface area (Å²) in [4.78, 5) is 0. The molecule has 3 rings (SSSR count). The Morgan fingerprint density at radius 1 is 0.783 bits per heavy atom. The standard InChI is InChI=1S/C19H16BBrOP/c1-22-17-12-6-8-14-19(17)23(20,15-9-3-2-4-10-15)18-13-7-5-11-16(18)21/h2-14H,1H3/q+1. The quantitative estimate of drug-likeness (QED) is 0.493. The molecule has 1 atom stereocenters. The van der Waals surface area contributed by atoms with Crippen LogP contribution in [0, 0.1) is 0 Å². The van der Waals surface area contributed by atoms with Gasteiger partial charge in [-0.15, -0.1) is 0 Å². The van der Waals surface area contributed by atoms with E-state index in [1.807, 2.05) is 54.6 Å². The third-order valence-corrected chi connectivity index (χ3v) is 8.25. The number of rotatable bonds is 4. The first-order chi connectivity index (χ1) is 11.2. The first-order valence-electron chi connectivity index (χ1n) is 7.30. The average Bonchev–Trinajstić information content (AvgIpc) is 2.62. The fourth-order valence-electron chi connectivity index (χ4n) is 2.73. The Kier molecular flexibility index (Phi) is 4.89. The largest absolute Gasteiger partial charge is 0.493 e. The molecule has 0 aromatic heterocycles. The fraction of sp³-hybridized carbons (Fsp3) is 0.0526. The van der Waals surface area contributed by atoms with E-state index in [2.05, 4.69) is 40.2 Å². The number of benzene rings is 3. The van der Waals surface area contributed by atoms with Gasteiger partial charge in [0.1, 0.15) is 10.6 Å². The Bertz CT molecular complexity index is 809. The average molecular weight is 382 g/mol. The topological polar surface area (TPSA) is 9.23 Å². The highest BCUT2D eigenvalue weighted by Crippen LogP contribution is 2.53. The van der Waals surface area contributed by atoms with E-state index >= 15 is 0 Å². The van der Waals surface area contributed by atoms with Crippen molar-refractivity contribution in [2.45, 2.75) is 0 Å². The predicted octanol–water partition coefficient (Wildman–Crippen LogP) is 3.84. The van der Waals surface area contributed by atoms with Crippen molar-refractivity contribution >= 4 is 46.6 Å². The molecule has 1 nitrogen and oxygen atoms in total. The zero-order valence-corrected chi connectivity index (χ0v) is 15.3. The maximum absolute atomic E-state index is 7.14. The highest BCUT2D eigenvalue weighted by atomic mass is 79.9. The first kappa shape index (κ1) is 16.3. The summed E-state index contributed by atoms with van der Waals surface area (Å²) in [6.45, 7) is 0. The van der Waals surface area contributed by atoms with Crippen LogP contribution in [-0.2, 0) is 0 Å². The van der Waals surface area contributed by atoms with Crippen LogP contribution >= 0.6 is 23.1 Å². The number of para-hydroxylation sites is 1. The summed E-state index contributed by atoms with van der Waals surface area (Å²) < 4.78 is 6.63. The molecule has 0 N–H and O–H groups in total. The van der Waals surface area contributed by atoms with Gasteiger partial charge in [0.05, 0.1) is 24.0 Å². The van der Waals surface area contributed by atoms with Gasteiger partial charge >= 0.3 is 7.57 Å². The normalized spacial score (nSPS) is 13.3. The number of ether oxygens (including phenoxy) is 1. The number of halogens is 1. The van der Waals surface area contributed by atoms with E-state index in [0.29, 0.717) is 0 Å². The van der Waals surface area contributed by atoms with Crippen LogP contribution in [0.15, 0.2) is 83.3 Å². The molecule has 4 heteroatoms. The highest BCUT2D eigenvalue weighted by Gasteiger charge is 2.43. The third-order valence-electron chi connectivity index (χ3n) is 3.86. The molecular formula is C19H16BBrOP+. The Hall–Kier alpha value is -1.57. The zero-order chi connectivity index (χ0) is 16.3. The lowest BCUT2D eigenvalue weighted by molar-refractivity contribution is 0.418. The van der Waals surface area contributed by atoms with Crippen LogP contribution in [0.25, 0.3) is 0 Å². The van der Waals surface area contributed by atoms with Crippen molar-refractivity contribution in [1.82, 2.24) is 0 Å². The summed E-state index contributed by atoms with van der Waals surface area (Å²) in [6, 6.07) is 26.5. The van der Waals surface area contributed by atoms with E-state index in [1.165, 1.54) is 0 Å². The van der Waals surface area contributed by atoms with Crippen molar-refractivity contribution in [2.75, 3.05) is 7.11 Å². The Morgan fingerprint density at radius 2 is 1.35 bits per heavy atom. The van der Waals surface area contributed by atoms with Gasteiger partial charge in [-0.3, -0.25) is 0 Å². The molecule has 0 spiro atoms. The van der Waals surface area contributed by atoms with Crippen molar-refractivity contribution < 1.29 is 4.74 Å². The molecule has 0 aliphatic rings. The SMILES string of the molecule is [B][P+](c1ccccc1)(c1ccccc1Br)c1ccccc1OC. The van der Waals surface area contributed by atoms with Gasteiger partial charge in [-0.25, -0.2) is 0 Å². The Morgan fingerprint density at radius 3 is 2.00 bits per heavy atom. The van der Waals surface area contributed by atoms with Crippen LogP contribution in [0.5, 0.6) is 5.75 Å². The van der Waals surface area contributed by atoms with Crippen molar-refractivity contribution in [1.29, 1.82) is 0 Å². The van der Waals surface area contributed by atoms with Gasteiger partial charge in [0.15, 0.2) is 5.75 Å². The molecule has 3 aromatic carbocycles. The highest BCUT2D eigenvalue weighted by molar-refractivity contribution is 9.10. The maximum atomic E-state index is 7.14. The molecule has 0 saturated heterocycles. The monoisotopic (exact) mass is 381 g/mol. The second-order valence-electron chi connectivity index (χ2n) is 5.18. The van der Waals surface area contributed by atoms with E-state index in [1.54, 1.807) is 7.11 Å². The summed E-state index contributed by atoms with van der Waals surface area (Å²) in [6.07, 6.45) is 0. The molecule has 0 aliphatic carbocycles. The summed E-state index contributed by atoms with van der Waals surface area (Å²) in [5.74, 6) is 0.822. The van der Waals surface area contributed by atoms with Crippen LogP contribution in [0.1, 0.15) is 0 Å². The molecule has 0 heterocycles. The van der Waals surface area contributed by atoms with Gasteiger partial charge in [0, 0.05) is 0 Å². The molecule has 0 fully saturated rings. The van der Waals surface area contributed by atoms with Crippen LogP contribution in [-0.4, -0.2) is 14.7 Å². The fourth-order valence-corrected chi connectivity index (χ4v) is 6.88. The summed E-state index contributed by atoms with van der Waals surface area (Å²) in [5.41, 5.74) is 0. The third kappa shape index (κ3) is 2.96. The summed E-state index contributed by atoms with van der Waals surface area (Å²) in [5, 5.41) is 3.27. The van der Waals surface area contributed by atoms with Crippen LogP contribution in [0.4, 0.5) is 0 Å². The van der Waals surface area contributed by atoms with Crippen LogP contribution in [0.3, 0.4) is 0 Å². The Labute approximate surface area is 147 Å². The molecular weight excluding hydrogens is 366 g/mol. The lowest BCUT2D eigenvalue weighted by atomic mass is 10.3. The van der Waals surface area contributed by atoms with Gasteiger partial charge in [-0.2, -0.15) is 0 Å². The molecule has 1 unspecified atom stereocenters. The molecule has 0 saturated carbocycles. The van der Waals surface area contributed by atoms with Gasteiger partial charge < -0.3 is 4.74 Å². The number of hydrogen-bond acceptors (Lipinski definition) is 1. The number of methoxy groups -OCH3 is 1. The molecule has 3 aromatic rings. The van der Waals surface area contributed by atoms with E-state index in [9.17, 15) is 0 Å². The van der Waals surface area contributed by atoms with E-state index in [-0.39, 0.29) is 0 Å². The van der Waals surface area contributed by atoms with E-state index in [4.69, 9.17) is 12.3 Å². The van der Waals surface area contributed by atoms with Crippen molar-refractivity contribution in [2.24, 2.45) is 0 Å². The Balaban J connectivity index is 2.34. The second kappa shape index (κ2) is 6.90. The van der Waals surface area contributed by atoms with Gasteiger partial charge in [-0.05, 0) is 52.3 Å². The minimum Gasteiger partial charge on any atom is -0.493 e. The zero-order valence-electron chi connectivity index (χ0n) is 12.8. The molecule has 112 valence electrons. The smallest absolute Gasteiger partial charge is 0.383 e. The molecule has 2 radical (unpaired) electrons. The lowest BCUT2D eigenvalue weighted by Gasteiger charge is -2.26. The minimum absolute atomic E-state index is 0.822.